The van der Waals surface area contributed by atoms with Crippen LogP contribution in [0, 0.1) is 0 Å². The summed E-state index contributed by atoms with van der Waals surface area (Å²) in [5.74, 6) is 0.361. The van der Waals surface area contributed by atoms with Crippen LogP contribution in [0.3, 0.4) is 0 Å². The van der Waals surface area contributed by atoms with E-state index in [2.05, 4.69) is 61.2 Å². The highest BCUT2D eigenvalue weighted by molar-refractivity contribution is 8.00. The molecule has 1 aromatic rings. The van der Waals surface area contributed by atoms with Crippen LogP contribution in [0.2, 0.25) is 0 Å². The summed E-state index contributed by atoms with van der Waals surface area (Å²) in [6.07, 6.45) is 15.0. The van der Waals surface area contributed by atoms with E-state index >= 15 is 0 Å². The number of rotatable bonds is 12. The molecule has 1 aliphatic rings. The van der Waals surface area contributed by atoms with E-state index < -0.39 is 11.5 Å². The van der Waals surface area contributed by atoms with Crippen molar-refractivity contribution < 1.29 is 9.90 Å². The lowest BCUT2D eigenvalue weighted by Gasteiger charge is -2.14. The molecule has 2 N–H and O–H groups in total. The third kappa shape index (κ3) is 7.69. The van der Waals surface area contributed by atoms with Gasteiger partial charge in [-0.25, -0.2) is 14.8 Å². The molecular weight excluding hydrogens is 382 g/mol. The fourth-order valence-corrected chi connectivity index (χ4v) is 4.49. The third-order valence-corrected chi connectivity index (χ3v) is 6.36. The number of carboxylic acid groups (broad SMARTS) is 1. The number of carboxylic acids is 1. The molecule has 29 heavy (non-hydrogen) atoms. The number of aliphatic carboxylic acids is 1. The summed E-state index contributed by atoms with van der Waals surface area (Å²) in [5.41, 5.74) is 3.23. The minimum Gasteiger partial charge on any atom is -0.479 e. The summed E-state index contributed by atoms with van der Waals surface area (Å²) >= 11 is 1.68. The van der Waals surface area contributed by atoms with E-state index in [1.165, 1.54) is 16.7 Å². The lowest BCUT2D eigenvalue weighted by molar-refractivity contribution is -0.138. The number of nitrogens with one attached hydrogen (secondary N) is 1. The van der Waals surface area contributed by atoms with Crippen LogP contribution in [0.5, 0.6) is 0 Å². The van der Waals surface area contributed by atoms with E-state index in [9.17, 15) is 9.90 Å². The van der Waals surface area contributed by atoms with E-state index in [4.69, 9.17) is 0 Å². The molecule has 5 nitrogen and oxygen atoms in total. The van der Waals surface area contributed by atoms with Crippen LogP contribution in [0.4, 0.5) is 5.95 Å². The molecule has 0 bridgehead atoms. The summed E-state index contributed by atoms with van der Waals surface area (Å²) in [7, 11) is 0. The molecule has 0 aliphatic heterocycles. The van der Waals surface area contributed by atoms with Crippen molar-refractivity contribution in [1.82, 2.24) is 9.97 Å². The molecular formula is C23H33N3O2S. The quantitative estimate of drug-likeness (QED) is 0.431. The van der Waals surface area contributed by atoms with Crippen molar-refractivity contribution in [3.63, 3.8) is 0 Å². The number of aromatic nitrogens is 2. The van der Waals surface area contributed by atoms with Crippen LogP contribution < -0.4 is 5.32 Å². The fraction of sp³-hybridized carbons (Fsp3) is 0.522. The van der Waals surface area contributed by atoms with Gasteiger partial charge in [-0.3, -0.25) is 0 Å². The van der Waals surface area contributed by atoms with Crippen molar-refractivity contribution in [3.8, 4) is 0 Å². The number of carbonyl (C=O) groups is 1. The Hall–Kier alpha value is -2.08. The highest BCUT2D eigenvalue weighted by Gasteiger charge is 2.61. The zero-order valence-corrected chi connectivity index (χ0v) is 18.8. The Morgan fingerprint density at radius 2 is 1.76 bits per heavy atom. The van der Waals surface area contributed by atoms with Gasteiger partial charge in [0.15, 0.2) is 5.54 Å². The summed E-state index contributed by atoms with van der Waals surface area (Å²) in [5, 5.41) is 12.7. The van der Waals surface area contributed by atoms with Gasteiger partial charge in [-0.2, -0.15) is 11.8 Å². The Labute approximate surface area is 178 Å². The molecule has 1 saturated carbocycles. The maximum absolute atomic E-state index is 11.8. The van der Waals surface area contributed by atoms with E-state index in [-0.39, 0.29) is 5.25 Å². The molecule has 1 aliphatic carbocycles. The Kier molecular flexibility index (Phi) is 8.96. The van der Waals surface area contributed by atoms with E-state index in [1.807, 2.05) is 0 Å². The monoisotopic (exact) mass is 415 g/mol. The average molecular weight is 416 g/mol. The van der Waals surface area contributed by atoms with Gasteiger partial charge >= 0.3 is 5.97 Å². The van der Waals surface area contributed by atoms with Crippen LogP contribution in [0.15, 0.2) is 53.4 Å². The number of hydrogen-bond donors (Lipinski definition) is 2. The molecule has 6 heteroatoms. The first-order chi connectivity index (χ1) is 13.8. The second-order valence-electron chi connectivity index (χ2n) is 7.96. The van der Waals surface area contributed by atoms with Gasteiger partial charge in [0.05, 0.1) is 0 Å². The Morgan fingerprint density at radius 1 is 1.14 bits per heavy atom. The summed E-state index contributed by atoms with van der Waals surface area (Å²) in [6, 6.07) is 1.71. The molecule has 158 valence electrons. The summed E-state index contributed by atoms with van der Waals surface area (Å²) < 4.78 is 0. The molecule has 0 spiro atoms. The van der Waals surface area contributed by atoms with Crippen LogP contribution in [0.1, 0.15) is 59.8 Å². The molecule has 0 saturated heterocycles. The predicted octanol–water partition coefficient (Wildman–Crippen LogP) is 5.64. The number of hydrogen-bond acceptors (Lipinski definition) is 5. The van der Waals surface area contributed by atoms with Crippen LogP contribution >= 0.6 is 11.8 Å². The van der Waals surface area contributed by atoms with Crippen molar-refractivity contribution in [3.05, 3.63) is 53.4 Å². The first-order valence-corrected chi connectivity index (χ1v) is 11.2. The van der Waals surface area contributed by atoms with Crippen LogP contribution in [-0.2, 0) is 4.79 Å². The van der Waals surface area contributed by atoms with Gasteiger partial charge in [0.2, 0.25) is 5.95 Å². The minimum absolute atomic E-state index is 0.0325. The fourth-order valence-electron chi connectivity index (χ4n) is 3.05. The maximum Gasteiger partial charge on any atom is 0.330 e. The number of anilines is 1. The lowest BCUT2D eigenvalue weighted by atomic mass is 10.1. The van der Waals surface area contributed by atoms with Gasteiger partial charge in [0, 0.05) is 23.4 Å². The molecule has 0 amide bonds. The third-order valence-electron chi connectivity index (χ3n) is 5.03. The Balaban J connectivity index is 1.73. The molecule has 2 unspecified atom stereocenters. The van der Waals surface area contributed by atoms with Crippen molar-refractivity contribution in [2.45, 2.75) is 70.6 Å². The van der Waals surface area contributed by atoms with Gasteiger partial charge in [-0.05, 0) is 65.9 Å². The smallest absolute Gasteiger partial charge is 0.330 e. The maximum atomic E-state index is 11.8. The molecule has 0 radical (unpaired) electrons. The molecule has 2 rings (SSSR count). The summed E-state index contributed by atoms with van der Waals surface area (Å²) in [4.78, 5) is 19.9. The highest BCUT2D eigenvalue weighted by atomic mass is 32.2. The topological polar surface area (TPSA) is 75.1 Å². The Bertz CT molecular complexity index is 770. The zero-order chi connectivity index (χ0) is 21.3. The van der Waals surface area contributed by atoms with Crippen molar-refractivity contribution in [2.24, 2.45) is 0 Å². The van der Waals surface area contributed by atoms with E-state index in [0.29, 0.717) is 12.4 Å². The number of nitrogens with zero attached hydrogens (tertiary/aromatic N) is 2. The molecule has 2 atom stereocenters. The minimum atomic E-state index is -0.946. The predicted molar refractivity (Wildman–Crippen MR) is 122 cm³/mol. The molecule has 0 aromatic carbocycles. The van der Waals surface area contributed by atoms with E-state index in [1.54, 1.807) is 30.2 Å². The van der Waals surface area contributed by atoms with Gasteiger partial charge in [0.1, 0.15) is 0 Å². The SMILES string of the molecule is CC(C)=CCC/C(C)=C/CC/C(C)=C/CSC1CC1(Nc1ncccn1)C(=O)O. The van der Waals surface area contributed by atoms with Crippen molar-refractivity contribution in [2.75, 3.05) is 11.1 Å². The standard InChI is InChI=1S/C23H33N3O2S/c1-17(2)8-5-9-18(3)10-6-11-19(4)12-15-29-20-16-23(20,21(27)28)26-22-24-13-7-14-25-22/h7-8,10,12-14,20H,5-6,9,11,15-16H2,1-4H3,(H,27,28)(H,24,25,26)/b18-10+,19-12+. The second kappa shape index (κ2) is 11.2. The highest BCUT2D eigenvalue weighted by Crippen LogP contribution is 2.48. The second-order valence-corrected chi connectivity index (χ2v) is 9.20. The normalized spacial score (nSPS) is 21.6. The summed E-state index contributed by atoms with van der Waals surface area (Å²) in [6.45, 7) is 8.63. The molecule has 1 aromatic heterocycles. The number of allylic oxidation sites excluding steroid dienone is 5. The van der Waals surface area contributed by atoms with Crippen LogP contribution in [-0.4, -0.2) is 37.6 Å². The molecule has 1 heterocycles. The first-order valence-electron chi connectivity index (χ1n) is 10.2. The van der Waals surface area contributed by atoms with Gasteiger partial charge in [-0.15, -0.1) is 0 Å². The van der Waals surface area contributed by atoms with Gasteiger partial charge in [0.25, 0.3) is 0 Å². The zero-order valence-electron chi connectivity index (χ0n) is 17.9. The number of thioether (sulfide) groups is 1. The Morgan fingerprint density at radius 3 is 2.38 bits per heavy atom. The van der Waals surface area contributed by atoms with Crippen molar-refractivity contribution >= 4 is 23.7 Å². The largest absolute Gasteiger partial charge is 0.479 e. The van der Waals surface area contributed by atoms with Crippen molar-refractivity contribution in [1.29, 1.82) is 0 Å². The van der Waals surface area contributed by atoms with Gasteiger partial charge in [-0.1, -0.05) is 34.9 Å². The molecule has 1 fully saturated rings. The van der Waals surface area contributed by atoms with Crippen LogP contribution in [0.25, 0.3) is 0 Å². The van der Waals surface area contributed by atoms with Gasteiger partial charge < -0.3 is 10.4 Å². The lowest BCUT2D eigenvalue weighted by Crippen LogP contribution is -2.35. The average Bonchev–Trinajstić information content (AvgIpc) is 3.36. The van der Waals surface area contributed by atoms with E-state index in [0.717, 1.165) is 31.4 Å². The first kappa shape index (κ1) is 23.2.